The Bertz CT molecular complexity index is 2930. The Hall–Kier alpha value is -7.97. The van der Waals surface area contributed by atoms with E-state index in [4.69, 9.17) is 33.4 Å². The Balaban J connectivity index is 0.920. The van der Waals surface area contributed by atoms with Gasteiger partial charge in [-0.1, -0.05) is 19.6 Å². The molecule has 1 aromatic carbocycles. The number of aliphatic carboxylic acids is 1. The van der Waals surface area contributed by atoms with E-state index in [1.807, 2.05) is 0 Å². The molecule has 8 rings (SSSR count). The number of ether oxygens (including phenoxy) is 6. The topological polar surface area (TPSA) is 350 Å². The van der Waals surface area contributed by atoms with Gasteiger partial charge in [0, 0.05) is 85.4 Å². The number of fused-ring (bicyclic) bond motifs is 6. The highest BCUT2D eigenvalue weighted by Gasteiger charge is 2.49. The average Bonchev–Trinajstić information content (AvgIpc) is 4.05. The van der Waals surface area contributed by atoms with Crippen molar-refractivity contribution in [3.8, 4) is 22.9 Å². The van der Waals surface area contributed by atoms with Crippen molar-refractivity contribution in [2.45, 2.75) is 88.6 Å². The largest absolute Gasteiger partial charge is 0.479 e. The van der Waals surface area contributed by atoms with Gasteiger partial charge in [0.15, 0.2) is 23.2 Å². The van der Waals surface area contributed by atoms with E-state index in [2.05, 4.69) is 22.5 Å². The molecule has 0 aliphatic carbocycles. The molecule has 0 saturated carbocycles. The number of pyridine rings is 2. The van der Waals surface area contributed by atoms with Crippen LogP contribution in [-0.4, -0.2) is 139 Å². The smallest absolute Gasteiger partial charge is 0.407 e. The van der Waals surface area contributed by atoms with Gasteiger partial charge >= 0.3 is 18.0 Å². The fraction of sp³-hybridized carbons (Fsp3) is 0.383. The highest BCUT2D eigenvalue weighted by atomic mass is 16.7. The number of esters is 1. The number of rotatable bonds is 18. The Kier molecular flexibility index (Phi) is 14.6. The molecule has 5 aliphatic rings. The van der Waals surface area contributed by atoms with Crippen LogP contribution in [0.1, 0.15) is 54.9 Å². The summed E-state index contributed by atoms with van der Waals surface area (Å²) in [7, 11) is 0. The first-order valence-electron chi connectivity index (χ1n) is 22.5. The van der Waals surface area contributed by atoms with Crippen molar-refractivity contribution in [1.29, 1.82) is 0 Å². The number of aromatic nitrogens is 2. The van der Waals surface area contributed by atoms with Gasteiger partial charge in [-0.05, 0) is 30.2 Å². The van der Waals surface area contributed by atoms with Crippen molar-refractivity contribution in [1.82, 2.24) is 30.4 Å². The molecule has 7 heterocycles. The summed E-state index contributed by atoms with van der Waals surface area (Å²) in [4.78, 5) is 106. The molecule has 1 fully saturated rings. The van der Waals surface area contributed by atoms with E-state index in [9.17, 15) is 63.9 Å². The molecule has 6 atom stereocenters. The van der Waals surface area contributed by atoms with Gasteiger partial charge in [0.25, 0.3) is 17.4 Å². The number of benzene rings is 1. The monoisotopic (exact) mass is 1000 g/mol. The van der Waals surface area contributed by atoms with Crippen LogP contribution in [-0.2, 0) is 73.0 Å². The molecule has 1 saturated heterocycles. The van der Waals surface area contributed by atoms with Crippen molar-refractivity contribution in [3.05, 3.63) is 99.2 Å². The first kappa shape index (κ1) is 50.4. The van der Waals surface area contributed by atoms with Crippen LogP contribution in [0.5, 0.6) is 11.5 Å². The minimum absolute atomic E-state index is 0.0205. The number of cyclic esters (lactones) is 1. The van der Waals surface area contributed by atoms with Crippen molar-refractivity contribution in [2.75, 3.05) is 26.5 Å². The molecule has 3 unspecified atom stereocenters. The number of nitrogens with one attached hydrogen (secondary N) is 3. The number of carbonyl (C=O) groups is 7. The lowest BCUT2D eigenvalue weighted by Crippen LogP contribution is -2.60. The minimum Gasteiger partial charge on any atom is -0.479 e. The molecule has 3 aromatic rings. The number of aliphatic hydroxyl groups is 4. The first-order valence-corrected chi connectivity index (χ1v) is 22.5. The predicted molar refractivity (Wildman–Crippen MR) is 241 cm³/mol. The zero-order valence-electron chi connectivity index (χ0n) is 38.3. The number of carboxylic acid groups (broad SMARTS) is 1. The molecule has 25 nitrogen and oxygen atoms in total. The van der Waals surface area contributed by atoms with E-state index in [0.717, 1.165) is 23.1 Å². The SMILES string of the molecule is C=C(/C=C(\C=C/CCOC(=O)NCc1c2c(nc3cc4c(cc13)OCO4)-c1cc3c(c(=O)n1C2)COC(=O)[C@]3(O)CC)O[C@@H]1OC(C(=O)O)[C@@H](O)C(O)C1O)NC(=O)CCNC(=O)CCN1C(=O)C=CC1=O. The lowest BCUT2D eigenvalue weighted by molar-refractivity contribution is -0.283. The molecule has 380 valence electrons. The van der Waals surface area contributed by atoms with Crippen LogP contribution in [0.25, 0.3) is 22.3 Å². The standard InChI is InChI=1S/C47H48N6O19/c1-3-47(66)28-16-30-37-26(19-53(30)42(61)27(28)20-68-45(47)64)25(24-15-31-32(70-21-69-31)17-29(24)51-37)18-49-46(65)67-13-5-4-6-23(71-44-40(60)38(58)39(59)41(72-44)43(62)63)14-22(2)50-34(55)9-11-48-33(54)10-12-52-35(56)7-8-36(52)57/h4,6-8,14-17,38-41,44,58-60,66H,2-3,5,9-13,18-21H2,1H3,(H,48,54)(H,49,65)(H,50,55)(H,62,63)/b6-4-,23-14+/t38?,39-,40?,41?,44+,47-/m0/s1. The van der Waals surface area contributed by atoms with Gasteiger partial charge in [-0.3, -0.25) is 28.9 Å². The van der Waals surface area contributed by atoms with Crippen LogP contribution in [0.4, 0.5) is 4.79 Å². The van der Waals surface area contributed by atoms with Gasteiger partial charge < -0.3 is 74.5 Å². The minimum atomic E-state index is -2.05. The first-order chi connectivity index (χ1) is 34.4. The lowest BCUT2D eigenvalue weighted by atomic mass is 9.86. The number of carboxylic acids is 1. The van der Waals surface area contributed by atoms with E-state index in [0.29, 0.717) is 44.9 Å². The summed E-state index contributed by atoms with van der Waals surface area (Å²) in [5, 5.41) is 60.2. The maximum atomic E-state index is 13.9. The zero-order chi connectivity index (χ0) is 51.6. The van der Waals surface area contributed by atoms with Crippen molar-refractivity contribution < 1.29 is 87.5 Å². The Labute approximate surface area is 406 Å². The van der Waals surface area contributed by atoms with E-state index in [-0.39, 0.29) is 94.5 Å². The molecular formula is C47H48N6O19. The fourth-order valence-electron chi connectivity index (χ4n) is 8.51. The van der Waals surface area contributed by atoms with Gasteiger partial charge in [-0.25, -0.2) is 19.4 Å². The maximum absolute atomic E-state index is 13.9. The van der Waals surface area contributed by atoms with Gasteiger partial charge in [0.05, 0.1) is 35.6 Å². The quantitative estimate of drug-likeness (QED) is 0.0199. The Morgan fingerprint density at radius 2 is 1.68 bits per heavy atom. The molecule has 0 bridgehead atoms. The van der Waals surface area contributed by atoms with Crippen LogP contribution < -0.4 is 31.0 Å². The molecule has 8 N–H and O–H groups in total. The number of nitrogens with zero attached hydrogens (tertiary/aromatic N) is 3. The second-order valence-corrected chi connectivity index (χ2v) is 16.9. The van der Waals surface area contributed by atoms with Crippen LogP contribution >= 0.6 is 0 Å². The van der Waals surface area contributed by atoms with E-state index < -0.39 is 83.5 Å². The predicted octanol–water partition coefficient (Wildman–Crippen LogP) is -0.775. The normalized spacial score (nSPS) is 22.8. The third kappa shape index (κ3) is 10.1. The molecule has 5 amide bonds. The summed E-state index contributed by atoms with van der Waals surface area (Å²) in [6, 6.07) is 4.94. The number of carbonyl (C=O) groups excluding carboxylic acids is 6. The summed E-state index contributed by atoms with van der Waals surface area (Å²) >= 11 is 0. The summed E-state index contributed by atoms with van der Waals surface area (Å²) in [6.07, 6.45) is -5.09. The van der Waals surface area contributed by atoms with Crippen molar-refractivity contribution >= 4 is 52.6 Å². The summed E-state index contributed by atoms with van der Waals surface area (Å²) in [5.74, 6) is -4.13. The highest BCUT2D eigenvalue weighted by Crippen LogP contribution is 2.43. The highest BCUT2D eigenvalue weighted by molar-refractivity contribution is 6.13. The van der Waals surface area contributed by atoms with Gasteiger partial charge in [-0.2, -0.15) is 0 Å². The third-order valence-electron chi connectivity index (χ3n) is 12.3. The number of alkyl carbamates (subject to hydrolysis) is 1. The van der Waals surface area contributed by atoms with E-state index in [1.54, 1.807) is 25.1 Å². The van der Waals surface area contributed by atoms with Crippen LogP contribution in [0.3, 0.4) is 0 Å². The number of allylic oxidation sites excluding steroid dienone is 2. The van der Waals surface area contributed by atoms with Gasteiger partial charge in [-0.15, -0.1) is 0 Å². The number of aliphatic hydroxyl groups excluding tert-OH is 3. The van der Waals surface area contributed by atoms with Crippen LogP contribution in [0.15, 0.2) is 71.4 Å². The fourth-order valence-corrected chi connectivity index (χ4v) is 8.51. The summed E-state index contributed by atoms with van der Waals surface area (Å²) in [5.41, 5.74) is -0.0630. The van der Waals surface area contributed by atoms with Gasteiger partial charge in [0.2, 0.25) is 24.9 Å². The molecule has 2 aromatic heterocycles. The maximum Gasteiger partial charge on any atom is 0.407 e. The average molecular weight is 1000 g/mol. The van der Waals surface area contributed by atoms with Gasteiger partial charge in [0.1, 0.15) is 30.7 Å². The van der Waals surface area contributed by atoms with Crippen molar-refractivity contribution in [3.63, 3.8) is 0 Å². The molecule has 72 heavy (non-hydrogen) atoms. The van der Waals surface area contributed by atoms with Crippen LogP contribution in [0.2, 0.25) is 0 Å². The number of hydrogen-bond donors (Lipinski definition) is 8. The second kappa shape index (κ2) is 20.8. The van der Waals surface area contributed by atoms with E-state index in [1.165, 1.54) is 16.7 Å². The molecular weight excluding hydrogens is 953 g/mol. The molecule has 0 radical (unpaired) electrons. The zero-order valence-corrected chi connectivity index (χ0v) is 38.3. The molecule has 25 heteroatoms. The van der Waals surface area contributed by atoms with Crippen LogP contribution in [0, 0.1) is 0 Å². The lowest BCUT2D eigenvalue weighted by Gasteiger charge is -2.38. The number of hydrogen-bond acceptors (Lipinski definition) is 19. The number of amides is 5. The summed E-state index contributed by atoms with van der Waals surface area (Å²) < 4.78 is 34.2. The molecule has 0 spiro atoms. The Morgan fingerprint density at radius 1 is 0.944 bits per heavy atom. The molecule has 5 aliphatic heterocycles. The third-order valence-corrected chi connectivity index (χ3v) is 12.3. The van der Waals surface area contributed by atoms with Crippen molar-refractivity contribution in [2.24, 2.45) is 0 Å². The summed E-state index contributed by atoms with van der Waals surface area (Å²) in [6.45, 7) is 4.40. The van der Waals surface area contributed by atoms with E-state index >= 15 is 0 Å². The number of imide groups is 1. The second-order valence-electron chi connectivity index (χ2n) is 16.9. The Morgan fingerprint density at radius 3 is 2.40 bits per heavy atom.